The average molecular weight is 312 g/mol. The Balaban J connectivity index is 2.39. The number of rotatable bonds is 3. The van der Waals surface area contributed by atoms with Crippen LogP contribution in [-0.2, 0) is 0 Å². The van der Waals surface area contributed by atoms with Crippen molar-refractivity contribution in [1.29, 1.82) is 0 Å². The number of carboxylic acid groups (broad SMARTS) is 1. The van der Waals surface area contributed by atoms with Crippen LogP contribution in [0.1, 0.15) is 26.4 Å². The van der Waals surface area contributed by atoms with E-state index < -0.39 is 5.97 Å². The smallest absolute Gasteiger partial charge is 0.340 e. The van der Waals surface area contributed by atoms with E-state index in [9.17, 15) is 14.7 Å². The number of hydrogen-bond acceptors (Lipinski definition) is 5. The number of pyridine rings is 1. The number of nitrogens with zero attached hydrogens (tertiary/aromatic N) is 3. The van der Waals surface area contributed by atoms with Crippen LogP contribution >= 0.6 is 23.1 Å². The molecule has 2 aromatic rings. The van der Waals surface area contributed by atoms with Crippen LogP contribution in [0.2, 0.25) is 5.15 Å². The van der Waals surface area contributed by atoms with Crippen LogP contribution in [0.5, 0.6) is 0 Å². The Labute approximate surface area is 123 Å². The molecule has 6 nitrogen and oxygen atoms in total. The standard InChI is InChI=1S/C12H10ClN3O3S/c1-6-9(12(18)19)11(20-15-6)16(2)10(17)7-3-4-14-8(13)5-7/h3-5H,1-2H3,(H,18,19). The third-order valence-electron chi connectivity index (χ3n) is 2.64. The molecule has 0 spiro atoms. The number of anilines is 1. The zero-order valence-electron chi connectivity index (χ0n) is 10.6. The summed E-state index contributed by atoms with van der Waals surface area (Å²) < 4.78 is 3.98. The summed E-state index contributed by atoms with van der Waals surface area (Å²) in [6, 6.07) is 2.94. The predicted molar refractivity (Wildman–Crippen MR) is 75.8 cm³/mol. The van der Waals surface area contributed by atoms with Gasteiger partial charge in [-0.2, -0.15) is 4.37 Å². The first-order valence-corrected chi connectivity index (χ1v) is 6.66. The zero-order chi connectivity index (χ0) is 14.9. The number of carbonyl (C=O) groups excluding carboxylic acids is 1. The van der Waals surface area contributed by atoms with Crippen LogP contribution in [0.15, 0.2) is 18.3 Å². The van der Waals surface area contributed by atoms with E-state index in [1.54, 1.807) is 6.92 Å². The molecule has 0 unspecified atom stereocenters. The Morgan fingerprint density at radius 3 is 2.75 bits per heavy atom. The topological polar surface area (TPSA) is 83.4 Å². The highest BCUT2D eigenvalue weighted by Crippen LogP contribution is 2.28. The maximum Gasteiger partial charge on any atom is 0.340 e. The number of aromatic carboxylic acids is 1. The van der Waals surface area contributed by atoms with Gasteiger partial charge in [-0.25, -0.2) is 9.78 Å². The Morgan fingerprint density at radius 2 is 2.15 bits per heavy atom. The molecule has 8 heteroatoms. The van der Waals surface area contributed by atoms with Crippen molar-refractivity contribution in [3.63, 3.8) is 0 Å². The van der Waals surface area contributed by atoms with Crippen molar-refractivity contribution in [3.05, 3.63) is 40.3 Å². The van der Waals surface area contributed by atoms with E-state index in [4.69, 9.17) is 11.6 Å². The van der Waals surface area contributed by atoms with Gasteiger partial charge in [0.05, 0.1) is 5.69 Å². The molecule has 0 radical (unpaired) electrons. The third-order valence-corrected chi connectivity index (χ3v) is 3.86. The lowest BCUT2D eigenvalue weighted by Crippen LogP contribution is -2.27. The van der Waals surface area contributed by atoms with Gasteiger partial charge in [0.2, 0.25) is 0 Å². The van der Waals surface area contributed by atoms with Crippen LogP contribution in [0.25, 0.3) is 0 Å². The molecule has 104 valence electrons. The second kappa shape index (κ2) is 5.56. The van der Waals surface area contributed by atoms with Crippen LogP contribution in [-0.4, -0.2) is 33.4 Å². The van der Waals surface area contributed by atoms with E-state index in [0.29, 0.717) is 11.3 Å². The lowest BCUT2D eigenvalue weighted by Gasteiger charge is -2.15. The Kier molecular flexibility index (Phi) is 4.01. The van der Waals surface area contributed by atoms with Crippen molar-refractivity contribution in [3.8, 4) is 0 Å². The fourth-order valence-corrected chi connectivity index (χ4v) is 2.67. The summed E-state index contributed by atoms with van der Waals surface area (Å²) in [4.78, 5) is 28.6. The van der Waals surface area contributed by atoms with E-state index in [0.717, 1.165) is 11.5 Å². The molecule has 2 rings (SSSR count). The Hall–Kier alpha value is -1.99. The summed E-state index contributed by atoms with van der Waals surface area (Å²) in [6.45, 7) is 1.59. The highest BCUT2D eigenvalue weighted by molar-refractivity contribution is 7.11. The van der Waals surface area contributed by atoms with E-state index in [2.05, 4.69) is 9.36 Å². The van der Waals surface area contributed by atoms with Gasteiger partial charge in [0.1, 0.15) is 15.7 Å². The lowest BCUT2D eigenvalue weighted by atomic mass is 10.2. The summed E-state index contributed by atoms with van der Waals surface area (Å²) in [5.41, 5.74) is 0.741. The highest BCUT2D eigenvalue weighted by Gasteiger charge is 2.24. The zero-order valence-corrected chi connectivity index (χ0v) is 12.2. The van der Waals surface area contributed by atoms with Crippen molar-refractivity contribution in [2.45, 2.75) is 6.92 Å². The summed E-state index contributed by atoms with van der Waals surface area (Å²) in [6.07, 6.45) is 1.42. The van der Waals surface area contributed by atoms with Crippen LogP contribution < -0.4 is 4.90 Å². The van der Waals surface area contributed by atoms with Gasteiger partial charge in [-0.05, 0) is 30.6 Å². The third kappa shape index (κ3) is 2.63. The van der Waals surface area contributed by atoms with E-state index in [1.165, 1.54) is 30.3 Å². The fraction of sp³-hybridized carbons (Fsp3) is 0.167. The van der Waals surface area contributed by atoms with Gasteiger partial charge in [-0.15, -0.1) is 0 Å². The molecule has 0 atom stereocenters. The minimum Gasteiger partial charge on any atom is -0.478 e. The lowest BCUT2D eigenvalue weighted by molar-refractivity contribution is 0.0697. The van der Waals surface area contributed by atoms with E-state index >= 15 is 0 Å². The van der Waals surface area contributed by atoms with Crippen molar-refractivity contribution >= 4 is 40.0 Å². The largest absolute Gasteiger partial charge is 0.478 e. The minimum atomic E-state index is -1.11. The normalized spacial score (nSPS) is 10.3. The van der Waals surface area contributed by atoms with Crippen LogP contribution in [0.4, 0.5) is 5.00 Å². The number of aryl methyl sites for hydroxylation is 1. The van der Waals surface area contributed by atoms with Crippen molar-refractivity contribution in [2.75, 3.05) is 11.9 Å². The molecule has 2 heterocycles. The van der Waals surface area contributed by atoms with Gasteiger partial charge in [0, 0.05) is 18.8 Å². The molecule has 0 saturated carbocycles. The molecule has 1 amide bonds. The molecule has 0 saturated heterocycles. The number of carbonyl (C=O) groups is 2. The number of amides is 1. The molecule has 2 aromatic heterocycles. The minimum absolute atomic E-state index is 0.0333. The molecule has 0 aliphatic carbocycles. The van der Waals surface area contributed by atoms with Crippen molar-refractivity contribution in [2.24, 2.45) is 0 Å². The molecular formula is C12H10ClN3O3S. The molecular weight excluding hydrogens is 302 g/mol. The van der Waals surface area contributed by atoms with Crippen LogP contribution in [0.3, 0.4) is 0 Å². The van der Waals surface area contributed by atoms with Gasteiger partial charge in [-0.1, -0.05) is 11.6 Å². The van der Waals surface area contributed by atoms with Gasteiger partial charge < -0.3 is 10.0 Å². The summed E-state index contributed by atoms with van der Waals surface area (Å²) >= 11 is 6.71. The molecule has 0 aromatic carbocycles. The first kappa shape index (κ1) is 14.4. The average Bonchev–Trinajstić information content (AvgIpc) is 2.79. The van der Waals surface area contributed by atoms with E-state index in [-0.39, 0.29) is 21.6 Å². The summed E-state index contributed by atoms with van der Waals surface area (Å²) in [7, 11) is 1.50. The van der Waals surface area contributed by atoms with Gasteiger partial charge in [-0.3, -0.25) is 4.79 Å². The number of halogens is 1. The van der Waals surface area contributed by atoms with Gasteiger partial charge in [0.25, 0.3) is 5.91 Å². The first-order chi connectivity index (χ1) is 9.41. The van der Waals surface area contributed by atoms with Crippen molar-refractivity contribution < 1.29 is 14.7 Å². The fourth-order valence-electron chi connectivity index (χ4n) is 1.65. The Morgan fingerprint density at radius 1 is 1.45 bits per heavy atom. The predicted octanol–water partition coefficient (Wildman–Crippen LogP) is 2.47. The van der Waals surface area contributed by atoms with Crippen molar-refractivity contribution in [1.82, 2.24) is 9.36 Å². The summed E-state index contributed by atoms with van der Waals surface area (Å²) in [5.74, 6) is -1.49. The summed E-state index contributed by atoms with van der Waals surface area (Å²) in [5, 5.41) is 9.66. The molecule has 0 aliphatic heterocycles. The first-order valence-electron chi connectivity index (χ1n) is 5.51. The number of hydrogen-bond donors (Lipinski definition) is 1. The molecule has 20 heavy (non-hydrogen) atoms. The maximum atomic E-state index is 12.3. The van der Waals surface area contributed by atoms with Gasteiger partial charge in [0.15, 0.2) is 0 Å². The maximum absolute atomic E-state index is 12.3. The van der Waals surface area contributed by atoms with E-state index in [1.807, 2.05) is 0 Å². The molecule has 0 bridgehead atoms. The number of aromatic nitrogens is 2. The molecule has 1 N–H and O–H groups in total. The van der Waals surface area contributed by atoms with Gasteiger partial charge >= 0.3 is 5.97 Å². The van der Waals surface area contributed by atoms with Crippen LogP contribution in [0, 0.1) is 6.92 Å². The SMILES string of the molecule is Cc1nsc(N(C)C(=O)c2ccnc(Cl)c2)c1C(=O)O. The Bertz CT molecular complexity index is 686. The highest BCUT2D eigenvalue weighted by atomic mass is 35.5. The quantitative estimate of drug-likeness (QED) is 0.880. The second-order valence-electron chi connectivity index (χ2n) is 3.98. The second-order valence-corrected chi connectivity index (χ2v) is 5.12. The molecule has 0 aliphatic rings. The number of carboxylic acids is 1. The molecule has 0 fully saturated rings. The monoisotopic (exact) mass is 311 g/mol.